The second-order valence-electron chi connectivity index (χ2n) is 8.18. The maximum absolute atomic E-state index is 12.7. The summed E-state index contributed by atoms with van der Waals surface area (Å²) in [6.45, 7) is 10.3. The van der Waals surface area contributed by atoms with Crippen molar-refractivity contribution in [2.45, 2.75) is 39.2 Å². The first-order chi connectivity index (χ1) is 13.5. The molecule has 0 aromatic heterocycles. The second kappa shape index (κ2) is 12.5. The summed E-state index contributed by atoms with van der Waals surface area (Å²) in [6, 6.07) is 7.23. The van der Waals surface area contributed by atoms with Crippen molar-refractivity contribution in [2.24, 2.45) is 11.7 Å². The number of hydrogen-bond acceptors (Lipinski definition) is 4. The van der Waals surface area contributed by atoms with E-state index in [-0.39, 0.29) is 36.6 Å². The minimum absolute atomic E-state index is 0. The van der Waals surface area contributed by atoms with Crippen LogP contribution in [0.3, 0.4) is 0 Å². The molecule has 0 saturated carbocycles. The first-order valence-electron chi connectivity index (χ1n) is 10.6. The molecule has 6 nitrogen and oxygen atoms in total. The monoisotopic (exact) mass is 458 g/mol. The molecule has 0 spiro atoms. The van der Waals surface area contributed by atoms with Gasteiger partial charge in [0.1, 0.15) is 6.04 Å². The molecule has 1 aromatic rings. The highest BCUT2D eigenvalue weighted by molar-refractivity contribution is 5.85. The molecule has 2 aliphatic rings. The molecule has 2 aliphatic heterocycles. The maximum Gasteiger partial charge on any atom is 0.244 e. The van der Waals surface area contributed by atoms with Crippen molar-refractivity contribution in [1.82, 2.24) is 14.7 Å². The lowest BCUT2D eigenvalue weighted by Crippen LogP contribution is -2.49. The van der Waals surface area contributed by atoms with Gasteiger partial charge in [-0.05, 0) is 37.8 Å². The molecule has 1 unspecified atom stereocenters. The minimum atomic E-state index is -0.603. The van der Waals surface area contributed by atoms with Crippen molar-refractivity contribution >= 4 is 36.6 Å². The number of carbonyl (C=O) groups is 2. The van der Waals surface area contributed by atoms with E-state index in [9.17, 15) is 9.59 Å². The Labute approximate surface area is 193 Å². The van der Waals surface area contributed by atoms with Crippen LogP contribution in [0.15, 0.2) is 24.3 Å². The van der Waals surface area contributed by atoms with Crippen LogP contribution in [0.1, 0.15) is 43.4 Å². The van der Waals surface area contributed by atoms with Crippen LogP contribution in [0.2, 0.25) is 0 Å². The van der Waals surface area contributed by atoms with E-state index in [2.05, 4.69) is 11.8 Å². The zero-order chi connectivity index (χ0) is 20.1. The van der Waals surface area contributed by atoms with Crippen LogP contribution < -0.4 is 5.73 Å². The standard InChI is InChI=1S/C22H34N4O2.2ClH/c1-3-24-12-14-25(15-13-24)20(27)16-18-8-10-26(11-9-18)22(28)21(23)19-6-4-17(2)5-7-19;;/h4-7,18,21H,3,8-16,23H2,1-2H3;2*1H. The lowest BCUT2D eigenvalue weighted by Gasteiger charge is -2.36. The first-order valence-corrected chi connectivity index (χ1v) is 10.6. The zero-order valence-electron chi connectivity index (χ0n) is 18.1. The maximum atomic E-state index is 12.7. The molecule has 2 N–H and O–H groups in total. The molecule has 3 rings (SSSR count). The molecule has 1 atom stereocenters. The minimum Gasteiger partial charge on any atom is -0.341 e. The predicted octanol–water partition coefficient (Wildman–Crippen LogP) is 2.63. The predicted molar refractivity (Wildman–Crippen MR) is 125 cm³/mol. The van der Waals surface area contributed by atoms with Gasteiger partial charge in [0, 0.05) is 45.7 Å². The number of carbonyl (C=O) groups excluding carboxylic acids is 2. The van der Waals surface area contributed by atoms with Crippen LogP contribution in [0, 0.1) is 12.8 Å². The summed E-state index contributed by atoms with van der Waals surface area (Å²) >= 11 is 0. The lowest BCUT2D eigenvalue weighted by molar-refractivity contribution is -0.135. The first kappa shape index (κ1) is 26.7. The number of rotatable bonds is 5. The third-order valence-electron chi connectivity index (χ3n) is 6.26. The summed E-state index contributed by atoms with van der Waals surface area (Å²) < 4.78 is 0. The van der Waals surface area contributed by atoms with Gasteiger partial charge in [0.25, 0.3) is 0 Å². The fourth-order valence-corrected chi connectivity index (χ4v) is 4.16. The number of hydrogen-bond donors (Lipinski definition) is 1. The average Bonchev–Trinajstić information content (AvgIpc) is 2.74. The Hall–Kier alpha value is -1.34. The third kappa shape index (κ3) is 6.84. The average molecular weight is 459 g/mol. The van der Waals surface area contributed by atoms with Gasteiger partial charge in [0.15, 0.2) is 0 Å². The fraction of sp³-hybridized carbons (Fsp3) is 0.636. The summed E-state index contributed by atoms with van der Waals surface area (Å²) in [5.74, 6) is 0.637. The summed E-state index contributed by atoms with van der Waals surface area (Å²) in [7, 11) is 0. The highest BCUT2D eigenvalue weighted by Crippen LogP contribution is 2.24. The summed E-state index contributed by atoms with van der Waals surface area (Å²) in [6.07, 6.45) is 2.37. The van der Waals surface area contributed by atoms with Crippen LogP contribution >= 0.6 is 24.8 Å². The molecule has 0 bridgehead atoms. The van der Waals surface area contributed by atoms with E-state index in [0.29, 0.717) is 25.4 Å². The summed E-state index contributed by atoms with van der Waals surface area (Å²) in [4.78, 5) is 31.6. The number of aryl methyl sites for hydroxylation is 1. The van der Waals surface area contributed by atoms with Gasteiger partial charge in [-0.2, -0.15) is 0 Å². The van der Waals surface area contributed by atoms with Gasteiger partial charge >= 0.3 is 0 Å². The molecule has 2 amide bonds. The van der Waals surface area contributed by atoms with E-state index in [4.69, 9.17) is 5.73 Å². The Morgan fingerprint density at radius 3 is 2.07 bits per heavy atom. The van der Waals surface area contributed by atoms with Crippen LogP contribution in [0.4, 0.5) is 0 Å². The Bertz CT molecular complexity index is 670. The third-order valence-corrected chi connectivity index (χ3v) is 6.26. The van der Waals surface area contributed by atoms with Crippen LogP contribution in [-0.2, 0) is 9.59 Å². The number of nitrogens with two attached hydrogens (primary N) is 1. The number of likely N-dealkylation sites (N-methyl/N-ethyl adjacent to an activating group) is 1. The van der Waals surface area contributed by atoms with Gasteiger partial charge in [-0.25, -0.2) is 0 Å². The Kier molecular flexibility index (Phi) is 11.1. The Morgan fingerprint density at radius 1 is 0.967 bits per heavy atom. The van der Waals surface area contributed by atoms with E-state index >= 15 is 0 Å². The van der Waals surface area contributed by atoms with E-state index in [1.165, 1.54) is 0 Å². The van der Waals surface area contributed by atoms with Gasteiger partial charge in [0.05, 0.1) is 0 Å². The topological polar surface area (TPSA) is 69.9 Å². The number of benzene rings is 1. The molecule has 2 saturated heterocycles. The summed E-state index contributed by atoms with van der Waals surface area (Å²) in [5.41, 5.74) is 8.22. The van der Waals surface area contributed by atoms with Crippen molar-refractivity contribution in [3.8, 4) is 0 Å². The smallest absolute Gasteiger partial charge is 0.244 e. The van der Waals surface area contributed by atoms with E-state index in [1.807, 2.05) is 41.0 Å². The lowest BCUT2D eigenvalue weighted by atomic mass is 9.92. The Morgan fingerprint density at radius 2 is 1.53 bits per heavy atom. The van der Waals surface area contributed by atoms with E-state index in [0.717, 1.165) is 56.7 Å². The Balaban J connectivity index is 0.00000225. The molecular formula is C22H36Cl2N4O2. The van der Waals surface area contributed by atoms with Crippen molar-refractivity contribution in [2.75, 3.05) is 45.8 Å². The number of piperazine rings is 1. The molecule has 2 fully saturated rings. The molecule has 2 heterocycles. The van der Waals surface area contributed by atoms with Gasteiger partial charge in [0.2, 0.25) is 11.8 Å². The zero-order valence-corrected chi connectivity index (χ0v) is 19.7. The van der Waals surface area contributed by atoms with Crippen molar-refractivity contribution in [3.63, 3.8) is 0 Å². The number of piperidine rings is 1. The highest BCUT2D eigenvalue weighted by Gasteiger charge is 2.29. The van der Waals surface area contributed by atoms with Crippen molar-refractivity contribution in [1.29, 1.82) is 0 Å². The van der Waals surface area contributed by atoms with Crippen LogP contribution in [0.5, 0.6) is 0 Å². The van der Waals surface area contributed by atoms with Gasteiger partial charge in [-0.1, -0.05) is 36.8 Å². The number of amides is 2. The van der Waals surface area contributed by atoms with Crippen molar-refractivity contribution < 1.29 is 9.59 Å². The molecule has 8 heteroatoms. The molecule has 170 valence electrons. The van der Waals surface area contributed by atoms with E-state index < -0.39 is 6.04 Å². The second-order valence-corrected chi connectivity index (χ2v) is 8.18. The van der Waals surface area contributed by atoms with Crippen molar-refractivity contribution in [3.05, 3.63) is 35.4 Å². The molecule has 30 heavy (non-hydrogen) atoms. The van der Waals surface area contributed by atoms with Gasteiger partial charge in [-0.15, -0.1) is 24.8 Å². The quantitative estimate of drug-likeness (QED) is 0.735. The molecular weight excluding hydrogens is 423 g/mol. The number of nitrogens with zero attached hydrogens (tertiary/aromatic N) is 3. The molecule has 1 aromatic carbocycles. The normalized spacial score (nSPS) is 18.9. The summed E-state index contributed by atoms with van der Waals surface area (Å²) in [5, 5.41) is 0. The largest absolute Gasteiger partial charge is 0.341 e. The van der Waals surface area contributed by atoms with Gasteiger partial charge < -0.3 is 20.4 Å². The van der Waals surface area contributed by atoms with E-state index in [1.54, 1.807) is 0 Å². The van der Waals surface area contributed by atoms with Crippen LogP contribution in [-0.4, -0.2) is 72.3 Å². The highest BCUT2D eigenvalue weighted by atomic mass is 35.5. The van der Waals surface area contributed by atoms with Crippen LogP contribution in [0.25, 0.3) is 0 Å². The number of likely N-dealkylation sites (tertiary alicyclic amines) is 1. The van der Waals surface area contributed by atoms with Gasteiger partial charge in [-0.3, -0.25) is 9.59 Å². The SMILES string of the molecule is CCN1CCN(C(=O)CC2CCN(C(=O)C(N)c3ccc(C)cc3)CC2)CC1.Cl.Cl. The fourth-order valence-electron chi connectivity index (χ4n) is 4.16. The molecule has 0 radical (unpaired) electrons. The molecule has 0 aliphatic carbocycles. The number of halogens is 2.